The largest absolute Gasteiger partial charge is 0.382 e. The van der Waals surface area contributed by atoms with Crippen molar-refractivity contribution in [3.8, 4) is 0 Å². The second-order valence-corrected chi connectivity index (χ2v) is 5.23. The van der Waals surface area contributed by atoms with Crippen LogP contribution in [0.25, 0.3) is 0 Å². The number of methoxy groups -OCH3 is 2. The second kappa shape index (κ2) is 6.06. The highest BCUT2D eigenvalue weighted by atomic mass is 16.8. The van der Waals surface area contributed by atoms with Gasteiger partial charge in [-0.25, -0.2) is 0 Å². The zero-order chi connectivity index (χ0) is 14.8. The van der Waals surface area contributed by atoms with E-state index in [1.807, 2.05) is 24.3 Å². The predicted molar refractivity (Wildman–Crippen MR) is 76.3 cm³/mol. The summed E-state index contributed by atoms with van der Waals surface area (Å²) in [4.78, 5) is 0. The van der Waals surface area contributed by atoms with Crippen molar-refractivity contribution < 1.29 is 19.3 Å². The van der Waals surface area contributed by atoms with E-state index in [0.29, 0.717) is 5.92 Å². The Balaban J connectivity index is 2.21. The van der Waals surface area contributed by atoms with Gasteiger partial charge in [-0.3, -0.25) is 0 Å². The number of benzene rings is 1. The monoisotopic (exact) mass is 278 g/mol. The van der Waals surface area contributed by atoms with Crippen molar-refractivity contribution in [2.45, 2.75) is 37.9 Å². The highest BCUT2D eigenvalue weighted by Gasteiger charge is 2.43. The minimum atomic E-state index is -1.19. The van der Waals surface area contributed by atoms with Gasteiger partial charge in [-0.05, 0) is 29.2 Å². The van der Waals surface area contributed by atoms with Gasteiger partial charge in [0.05, 0.1) is 0 Å². The lowest BCUT2D eigenvalue weighted by atomic mass is 9.97. The van der Waals surface area contributed by atoms with E-state index in [0.717, 1.165) is 5.56 Å². The smallest absolute Gasteiger partial charge is 0.221 e. The van der Waals surface area contributed by atoms with Crippen LogP contribution in [0.3, 0.4) is 0 Å². The first-order valence-electron chi connectivity index (χ1n) is 6.75. The van der Waals surface area contributed by atoms with Gasteiger partial charge in [0.1, 0.15) is 6.10 Å². The SMILES string of the molecule is COC1C=CC(OC)(C(O)c2ccc(C(C)C)cc2)O1. The number of rotatable bonds is 5. The maximum atomic E-state index is 10.6. The Labute approximate surface area is 120 Å². The van der Waals surface area contributed by atoms with Gasteiger partial charge in [-0.2, -0.15) is 0 Å². The van der Waals surface area contributed by atoms with Crippen LogP contribution in [0.2, 0.25) is 0 Å². The van der Waals surface area contributed by atoms with E-state index in [2.05, 4.69) is 13.8 Å². The molecule has 1 aromatic rings. The maximum absolute atomic E-state index is 10.6. The van der Waals surface area contributed by atoms with Gasteiger partial charge >= 0.3 is 0 Å². The lowest BCUT2D eigenvalue weighted by Gasteiger charge is -2.32. The fourth-order valence-corrected chi connectivity index (χ4v) is 2.28. The summed E-state index contributed by atoms with van der Waals surface area (Å²) in [6.07, 6.45) is 2.02. The Morgan fingerprint density at radius 3 is 2.20 bits per heavy atom. The molecule has 1 N–H and O–H groups in total. The van der Waals surface area contributed by atoms with Gasteiger partial charge in [0.15, 0.2) is 6.29 Å². The maximum Gasteiger partial charge on any atom is 0.221 e. The van der Waals surface area contributed by atoms with E-state index in [-0.39, 0.29) is 0 Å². The molecule has 1 aliphatic rings. The number of hydrogen-bond donors (Lipinski definition) is 1. The number of aliphatic hydroxyl groups excluding tert-OH is 1. The van der Waals surface area contributed by atoms with E-state index in [1.54, 1.807) is 19.3 Å². The Morgan fingerprint density at radius 2 is 1.75 bits per heavy atom. The van der Waals surface area contributed by atoms with Crippen molar-refractivity contribution in [2.75, 3.05) is 14.2 Å². The molecule has 0 aromatic heterocycles. The molecule has 0 bridgehead atoms. The number of hydrogen-bond acceptors (Lipinski definition) is 4. The van der Waals surface area contributed by atoms with Crippen LogP contribution in [-0.2, 0) is 14.2 Å². The summed E-state index contributed by atoms with van der Waals surface area (Å²) in [5, 5.41) is 10.6. The second-order valence-electron chi connectivity index (χ2n) is 5.23. The van der Waals surface area contributed by atoms with Gasteiger partial charge in [-0.15, -0.1) is 0 Å². The van der Waals surface area contributed by atoms with Crippen molar-refractivity contribution in [1.82, 2.24) is 0 Å². The summed E-state index contributed by atoms with van der Waals surface area (Å²) in [7, 11) is 3.05. The van der Waals surface area contributed by atoms with Crippen molar-refractivity contribution in [1.29, 1.82) is 0 Å². The van der Waals surface area contributed by atoms with Crippen LogP contribution >= 0.6 is 0 Å². The topological polar surface area (TPSA) is 47.9 Å². The molecule has 110 valence electrons. The van der Waals surface area contributed by atoms with Gasteiger partial charge in [-0.1, -0.05) is 38.1 Å². The van der Waals surface area contributed by atoms with Crippen molar-refractivity contribution in [2.24, 2.45) is 0 Å². The molecule has 4 heteroatoms. The molecular formula is C16H22O4. The summed E-state index contributed by atoms with van der Waals surface area (Å²) in [6, 6.07) is 7.83. The molecule has 20 heavy (non-hydrogen) atoms. The molecule has 3 unspecified atom stereocenters. The summed E-state index contributed by atoms with van der Waals surface area (Å²) in [5.74, 6) is -0.738. The Kier molecular flexibility index (Phi) is 4.60. The Hall–Kier alpha value is -1.20. The third kappa shape index (κ3) is 2.79. The molecule has 1 aliphatic heterocycles. The molecule has 0 fully saturated rings. The van der Waals surface area contributed by atoms with E-state index >= 15 is 0 Å². The quantitative estimate of drug-likeness (QED) is 0.841. The third-order valence-electron chi connectivity index (χ3n) is 3.64. The first-order valence-corrected chi connectivity index (χ1v) is 6.75. The molecule has 3 atom stereocenters. The zero-order valence-electron chi connectivity index (χ0n) is 12.4. The van der Waals surface area contributed by atoms with E-state index in [9.17, 15) is 5.11 Å². The van der Waals surface area contributed by atoms with E-state index < -0.39 is 18.2 Å². The minimum Gasteiger partial charge on any atom is -0.382 e. The summed E-state index contributed by atoms with van der Waals surface area (Å²) in [6.45, 7) is 4.27. The third-order valence-corrected chi connectivity index (χ3v) is 3.64. The van der Waals surface area contributed by atoms with Crippen LogP contribution in [0.15, 0.2) is 36.4 Å². The summed E-state index contributed by atoms with van der Waals surface area (Å²) < 4.78 is 16.1. The Bertz CT molecular complexity index is 466. The minimum absolute atomic E-state index is 0.457. The van der Waals surface area contributed by atoms with Gasteiger partial charge in [0.2, 0.25) is 5.79 Å². The zero-order valence-corrected chi connectivity index (χ0v) is 12.4. The van der Waals surface area contributed by atoms with Crippen molar-refractivity contribution in [3.63, 3.8) is 0 Å². The fraction of sp³-hybridized carbons (Fsp3) is 0.500. The van der Waals surface area contributed by atoms with Crippen LogP contribution < -0.4 is 0 Å². The van der Waals surface area contributed by atoms with E-state index in [4.69, 9.17) is 14.2 Å². The van der Waals surface area contributed by atoms with Crippen molar-refractivity contribution >= 4 is 0 Å². The molecule has 0 spiro atoms. The Morgan fingerprint density at radius 1 is 1.15 bits per heavy atom. The predicted octanol–water partition coefficient (Wildman–Crippen LogP) is 2.75. The van der Waals surface area contributed by atoms with Crippen LogP contribution in [0, 0.1) is 0 Å². The van der Waals surface area contributed by atoms with E-state index in [1.165, 1.54) is 12.7 Å². The lowest BCUT2D eigenvalue weighted by molar-refractivity contribution is -0.281. The average Bonchev–Trinajstić information content (AvgIpc) is 2.91. The van der Waals surface area contributed by atoms with Crippen LogP contribution in [0.4, 0.5) is 0 Å². The lowest BCUT2D eigenvalue weighted by Crippen LogP contribution is -2.39. The molecule has 0 saturated heterocycles. The average molecular weight is 278 g/mol. The van der Waals surface area contributed by atoms with Gasteiger partial charge < -0.3 is 19.3 Å². The van der Waals surface area contributed by atoms with Crippen molar-refractivity contribution in [3.05, 3.63) is 47.5 Å². The standard InChI is InChI=1S/C16H22O4/c1-11(2)12-5-7-13(8-6-12)15(17)16(19-4)10-9-14(18-3)20-16/h5-11,14-15,17H,1-4H3. The molecule has 0 amide bonds. The first-order chi connectivity index (χ1) is 9.52. The molecule has 2 rings (SSSR count). The number of ether oxygens (including phenoxy) is 3. The van der Waals surface area contributed by atoms with Gasteiger partial charge in [0.25, 0.3) is 0 Å². The molecule has 1 aromatic carbocycles. The normalized spacial score (nSPS) is 27.2. The molecule has 0 aliphatic carbocycles. The highest BCUT2D eigenvalue weighted by Crippen LogP contribution is 2.37. The van der Waals surface area contributed by atoms with Crippen LogP contribution in [0.5, 0.6) is 0 Å². The molecule has 1 heterocycles. The first kappa shape index (κ1) is 15.2. The fourth-order valence-electron chi connectivity index (χ4n) is 2.28. The number of aliphatic hydroxyl groups is 1. The molecule has 4 nitrogen and oxygen atoms in total. The summed E-state index contributed by atoms with van der Waals surface area (Å²) >= 11 is 0. The molecule has 0 saturated carbocycles. The highest BCUT2D eigenvalue weighted by molar-refractivity contribution is 5.29. The summed E-state index contributed by atoms with van der Waals surface area (Å²) in [5.41, 5.74) is 1.97. The van der Waals surface area contributed by atoms with Gasteiger partial charge in [0, 0.05) is 14.2 Å². The molecule has 0 radical (unpaired) electrons. The molecular weight excluding hydrogens is 256 g/mol. The van der Waals surface area contributed by atoms with Crippen LogP contribution in [0.1, 0.15) is 37.0 Å². The van der Waals surface area contributed by atoms with Crippen LogP contribution in [-0.4, -0.2) is 31.4 Å².